The quantitative estimate of drug-likeness (QED) is 0.783. The van der Waals surface area contributed by atoms with Crippen LogP contribution in [0, 0.1) is 0 Å². The van der Waals surface area contributed by atoms with Crippen molar-refractivity contribution in [3.05, 3.63) is 66.0 Å². The third-order valence-electron chi connectivity index (χ3n) is 3.30. The highest BCUT2D eigenvalue weighted by atomic mass is 15.1. The summed E-state index contributed by atoms with van der Waals surface area (Å²) in [4.78, 5) is 6.32. The minimum Gasteiger partial charge on any atom is -0.309 e. The zero-order valence-electron chi connectivity index (χ0n) is 12.3. The van der Waals surface area contributed by atoms with Gasteiger partial charge < -0.3 is 10.2 Å². The van der Waals surface area contributed by atoms with Crippen LogP contribution in [0.25, 0.3) is 0 Å². The van der Waals surface area contributed by atoms with Crippen molar-refractivity contribution in [3.63, 3.8) is 0 Å². The van der Waals surface area contributed by atoms with Crippen molar-refractivity contribution in [2.45, 2.75) is 12.5 Å². The van der Waals surface area contributed by atoms with Crippen LogP contribution in [0.1, 0.15) is 23.6 Å². The second-order valence-corrected chi connectivity index (χ2v) is 5.24. The molecule has 0 fully saturated rings. The number of rotatable bonds is 7. The van der Waals surface area contributed by atoms with Crippen LogP contribution in [0.4, 0.5) is 0 Å². The number of aromatic nitrogens is 1. The van der Waals surface area contributed by atoms with Crippen molar-refractivity contribution < 1.29 is 0 Å². The van der Waals surface area contributed by atoms with Gasteiger partial charge in [-0.25, -0.2) is 0 Å². The summed E-state index contributed by atoms with van der Waals surface area (Å²) in [5, 5.41) is 3.65. The molecule has 0 radical (unpaired) electrons. The van der Waals surface area contributed by atoms with E-state index in [0.717, 1.165) is 19.5 Å². The maximum absolute atomic E-state index is 4.11. The number of nitrogens with one attached hydrogen (secondary N) is 1. The number of hydrogen-bond acceptors (Lipinski definition) is 3. The zero-order chi connectivity index (χ0) is 14.2. The molecule has 106 valence electrons. The summed E-state index contributed by atoms with van der Waals surface area (Å²) in [7, 11) is 4.22. The Labute approximate surface area is 121 Å². The standard InChI is InChI=1S/C17H23N3/c1-20(2)14-6-11-19-17(15-7-4-3-5-8-15)16-9-12-18-13-10-16/h3-5,7-10,12-13,17,19H,6,11,14H2,1-2H3. The van der Waals surface area contributed by atoms with Crippen LogP contribution in [0.15, 0.2) is 54.9 Å². The Bertz CT molecular complexity index is 443. The topological polar surface area (TPSA) is 28.2 Å². The number of nitrogens with zero attached hydrogens (tertiary/aromatic N) is 2. The van der Waals surface area contributed by atoms with Crippen molar-refractivity contribution in [1.82, 2.24) is 15.2 Å². The molecule has 20 heavy (non-hydrogen) atoms. The van der Waals surface area contributed by atoms with Crippen molar-refractivity contribution in [2.24, 2.45) is 0 Å². The molecule has 0 bridgehead atoms. The molecule has 3 nitrogen and oxygen atoms in total. The molecule has 1 aromatic carbocycles. The van der Waals surface area contributed by atoms with E-state index in [9.17, 15) is 0 Å². The maximum atomic E-state index is 4.11. The fourth-order valence-corrected chi connectivity index (χ4v) is 2.27. The monoisotopic (exact) mass is 269 g/mol. The highest BCUT2D eigenvalue weighted by Crippen LogP contribution is 2.21. The fourth-order valence-electron chi connectivity index (χ4n) is 2.27. The lowest BCUT2D eigenvalue weighted by Gasteiger charge is -2.20. The van der Waals surface area contributed by atoms with E-state index >= 15 is 0 Å². The summed E-state index contributed by atoms with van der Waals surface area (Å²) >= 11 is 0. The summed E-state index contributed by atoms with van der Waals surface area (Å²) in [6.45, 7) is 2.10. The van der Waals surface area contributed by atoms with E-state index in [1.165, 1.54) is 11.1 Å². The minimum atomic E-state index is 0.237. The minimum absolute atomic E-state index is 0.237. The highest BCUT2D eigenvalue weighted by molar-refractivity contribution is 5.30. The SMILES string of the molecule is CN(C)CCCNC(c1ccccc1)c1ccncc1. The summed E-state index contributed by atoms with van der Waals surface area (Å²) in [5.74, 6) is 0. The van der Waals surface area contributed by atoms with Crippen LogP contribution in [-0.4, -0.2) is 37.1 Å². The predicted octanol–water partition coefficient (Wildman–Crippen LogP) is 2.71. The molecule has 0 aliphatic heterocycles. The molecule has 1 unspecified atom stereocenters. The van der Waals surface area contributed by atoms with Crippen molar-refractivity contribution in [3.8, 4) is 0 Å². The van der Waals surface area contributed by atoms with E-state index in [-0.39, 0.29) is 6.04 Å². The predicted molar refractivity (Wildman–Crippen MR) is 83.7 cm³/mol. The van der Waals surface area contributed by atoms with Crippen molar-refractivity contribution in [2.75, 3.05) is 27.2 Å². The number of benzene rings is 1. The molecule has 3 heteroatoms. The Hall–Kier alpha value is -1.71. The molecular weight excluding hydrogens is 246 g/mol. The molecule has 0 saturated carbocycles. The first kappa shape index (κ1) is 14.7. The Morgan fingerprint density at radius 3 is 2.30 bits per heavy atom. The molecule has 1 heterocycles. The summed E-state index contributed by atoms with van der Waals surface area (Å²) in [5.41, 5.74) is 2.56. The highest BCUT2D eigenvalue weighted by Gasteiger charge is 2.12. The summed E-state index contributed by atoms with van der Waals surface area (Å²) < 4.78 is 0. The molecule has 0 amide bonds. The van der Waals surface area contributed by atoms with Crippen LogP contribution < -0.4 is 5.32 Å². The normalized spacial score (nSPS) is 12.6. The largest absolute Gasteiger partial charge is 0.309 e. The lowest BCUT2D eigenvalue weighted by Crippen LogP contribution is -2.26. The van der Waals surface area contributed by atoms with E-state index in [2.05, 4.69) is 71.8 Å². The second-order valence-electron chi connectivity index (χ2n) is 5.24. The molecule has 2 aromatic rings. The average Bonchev–Trinajstić information content (AvgIpc) is 2.49. The van der Waals surface area contributed by atoms with Crippen molar-refractivity contribution in [1.29, 1.82) is 0 Å². The van der Waals surface area contributed by atoms with E-state index < -0.39 is 0 Å². The molecule has 0 aliphatic rings. The fraction of sp³-hybridized carbons (Fsp3) is 0.353. The van der Waals surface area contributed by atoms with E-state index in [1.807, 2.05) is 12.4 Å². The second kappa shape index (κ2) is 7.78. The van der Waals surface area contributed by atoms with Gasteiger partial charge in [-0.2, -0.15) is 0 Å². The summed E-state index contributed by atoms with van der Waals surface area (Å²) in [6.07, 6.45) is 4.85. The zero-order valence-corrected chi connectivity index (χ0v) is 12.3. The van der Waals surface area contributed by atoms with Gasteiger partial charge in [0.1, 0.15) is 0 Å². The Morgan fingerprint density at radius 1 is 1.00 bits per heavy atom. The lowest BCUT2D eigenvalue weighted by molar-refractivity contribution is 0.391. The number of pyridine rings is 1. The average molecular weight is 269 g/mol. The van der Waals surface area contributed by atoms with Crippen molar-refractivity contribution >= 4 is 0 Å². The van der Waals surface area contributed by atoms with Gasteiger partial charge in [0, 0.05) is 12.4 Å². The lowest BCUT2D eigenvalue weighted by atomic mass is 9.99. The number of hydrogen-bond donors (Lipinski definition) is 1. The van der Waals surface area contributed by atoms with Crippen LogP contribution in [0.3, 0.4) is 0 Å². The first-order chi connectivity index (χ1) is 9.77. The van der Waals surface area contributed by atoms with Gasteiger partial charge in [0.2, 0.25) is 0 Å². The van der Waals surface area contributed by atoms with Crippen LogP contribution >= 0.6 is 0 Å². The smallest absolute Gasteiger partial charge is 0.0577 e. The van der Waals surface area contributed by atoms with Crippen LogP contribution in [-0.2, 0) is 0 Å². The molecule has 1 aromatic heterocycles. The Morgan fingerprint density at radius 2 is 1.65 bits per heavy atom. The van der Waals surface area contributed by atoms with Gasteiger partial charge in [-0.15, -0.1) is 0 Å². The molecule has 0 saturated heterocycles. The Balaban J connectivity index is 2.06. The molecule has 0 aliphatic carbocycles. The molecule has 1 atom stereocenters. The molecule has 1 N–H and O–H groups in total. The summed E-state index contributed by atoms with van der Waals surface area (Å²) in [6, 6.07) is 15.0. The Kier molecular flexibility index (Phi) is 5.71. The van der Waals surface area contributed by atoms with E-state index in [1.54, 1.807) is 0 Å². The van der Waals surface area contributed by atoms with Gasteiger partial charge in [0.05, 0.1) is 6.04 Å². The van der Waals surface area contributed by atoms with Gasteiger partial charge in [0.25, 0.3) is 0 Å². The first-order valence-corrected chi connectivity index (χ1v) is 7.10. The van der Waals surface area contributed by atoms with Gasteiger partial charge >= 0.3 is 0 Å². The van der Waals surface area contributed by atoms with Gasteiger partial charge in [-0.05, 0) is 56.9 Å². The third-order valence-corrected chi connectivity index (χ3v) is 3.30. The van der Waals surface area contributed by atoms with Gasteiger partial charge in [0.15, 0.2) is 0 Å². The van der Waals surface area contributed by atoms with E-state index in [4.69, 9.17) is 0 Å². The molecule has 0 spiro atoms. The third kappa shape index (κ3) is 4.44. The maximum Gasteiger partial charge on any atom is 0.0577 e. The van der Waals surface area contributed by atoms with Crippen LogP contribution in [0.2, 0.25) is 0 Å². The first-order valence-electron chi connectivity index (χ1n) is 7.10. The van der Waals surface area contributed by atoms with Gasteiger partial charge in [-0.1, -0.05) is 30.3 Å². The van der Waals surface area contributed by atoms with Gasteiger partial charge in [-0.3, -0.25) is 4.98 Å². The molecular formula is C17H23N3. The molecule has 2 rings (SSSR count). The van der Waals surface area contributed by atoms with E-state index in [0.29, 0.717) is 0 Å². The van der Waals surface area contributed by atoms with Crippen LogP contribution in [0.5, 0.6) is 0 Å².